The largest absolute Gasteiger partial charge is 0.454 e. The van der Waals surface area contributed by atoms with E-state index in [0.29, 0.717) is 17.2 Å². The van der Waals surface area contributed by atoms with Crippen LogP contribution in [0.4, 0.5) is 11.4 Å². The van der Waals surface area contributed by atoms with Crippen molar-refractivity contribution in [3.63, 3.8) is 0 Å². The molecule has 1 saturated heterocycles. The van der Waals surface area contributed by atoms with Crippen LogP contribution in [0.15, 0.2) is 36.4 Å². The summed E-state index contributed by atoms with van der Waals surface area (Å²) in [7, 11) is 0. The van der Waals surface area contributed by atoms with Crippen molar-refractivity contribution in [2.24, 2.45) is 0 Å². The fraction of sp³-hybridized carbons (Fsp3) is 0.364. The predicted molar refractivity (Wildman–Crippen MR) is 114 cm³/mol. The number of rotatable bonds is 7. The maximum Gasteiger partial charge on any atom is 0.338 e. The van der Waals surface area contributed by atoms with Crippen molar-refractivity contribution in [1.82, 2.24) is 5.32 Å². The first-order valence-corrected chi connectivity index (χ1v) is 10.4. The van der Waals surface area contributed by atoms with Crippen molar-refractivity contribution in [2.45, 2.75) is 25.8 Å². The minimum atomic E-state index is -0.795. The molecule has 168 valence electrons. The third-order valence-corrected chi connectivity index (χ3v) is 5.37. The van der Waals surface area contributed by atoms with Crippen molar-refractivity contribution >= 4 is 23.3 Å². The van der Waals surface area contributed by atoms with E-state index < -0.39 is 23.4 Å². The van der Waals surface area contributed by atoms with Crippen LogP contribution in [0.1, 0.15) is 35.2 Å². The number of anilines is 1. The van der Waals surface area contributed by atoms with E-state index in [9.17, 15) is 19.7 Å². The number of esters is 1. The zero-order valence-corrected chi connectivity index (χ0v) is 17.4. The van der Waals surface area contributed by atoms with Crippen LogP contribution in [0, 0.1) is 10.1 Å². The van der Waals surface area contributed by atoms with E-state index in [1.807, 2.05) is 4.90 Å². The van der Waals surface area contributed by atoms with Crippen molar-refractivity contribution in [3.05, 3.63) is 57.6 Å². The number of nitrogens with one attached hydrogen (secondary N) is 1. The lowest BCUT2D eigenvalue weighted by molar-refractivity contribution is -0.384. The van der Waals surface area contributed by atoms with E-state index in [2.05, 4.69) is 5.32 Å². The third-order valence-electron chi connectivity index (χ3n) is 5.37. The summed E-state index contributed by atoms with van der Waals surface area (Å²) in [4.78, 5) is 37.4. The van der Waals surface area contributed by atoms with E-state index in [4.69, 9.17) is 14.2 Å². The second-order valence-electron chi connectivity index (χ2n) is 7.55. The van der Waals surface area contributed by atoms with E-state index in [-0.39, 0.29) is 24.6 Å². The zero-order chi connectivity index (χ0) is 22.5. The molecule has 0 aliphatic carbocycles. The van der Waals surface area contributed by atoms with Crippen molar-refractivity contribution in [3.8, 4) is 11.5 Å². The second-order valence-corrected chi connectivity index (χ2v) is 7.55. The summed E-state index contributed by atoms with van der Waals surface area (Å²) in [6, 6.07) is 9.57. The van der Waals surface area contributed by atoms with Gasteiger partial charge in [-0.15, -0.1) is 0 Å². The molecule has 1 amide bonds. The number of benzene rings is 2. The van der Waals surface area contributed by atoms with Gasteiger partial charge >= 0.3 is 5.97 Å². The lowest BCUT2D eigenvalue weighted by Gasteiger charge is -2.28. The van der Waals surface area contributed by atoms with Gasteiger partial charge in [0.05, 0.1) is 10.5 Å². The number of carbonyl (C=O) groups is 2. The number of nitrogens with zero attached hydrogens (tertiary/aromatic N) is 2. The minimum absolute atomic E-state index is 0.0287. The Balaban J connectivity index is 1.32. The van der Waals surface area contributed by atoms with Crippen LogP contribution in [0.25, 0.3) is 0 Å². The Morgan fingerprint density at radius 1 is 1.06 bits per heavy atom. The molecule has 0 aromatic heterocycles. The minimum Gasteiger partial charge on any atom is -0.454 e. The van der Waals surface area contributed by atoms with Crippen molar-refractivity contribution < 1.29 is 28.7 Å². The van der Waals surface area contributed by atoms with E-state index in [1.165, 1.54) is 12.1 Å². The Morgan fingerprint density at radius 3 is 2.62 bits per heavy atom. The van der Waals surface area contributed by atoms with Gasteiger partial charge in [-0.2, -0.15) is 0 Å². The Kier molecular flexibility index (Phi) is 6.39. The van der Waals surface area contributed by atoms with Gasteiger partial charge in [0, 0.05) is 25.7 Å². The number of amides is 1. The number of carbonyl (C=O) groups excluding carboxylic acids is 2. The Labute approximate surface area is 184 Å². The number of hydrogen-bond acceptors (Lipinski definition) is 8. The quantitative estimate of drug-likeness (QED) is 0.396. The number of fused-ring (bicyclic) bond motifs is 1. The first-order chi connectivity index (χ1) is 15.5. The van der Waals surface area contributed by atoms with Gasteiger partial charge < -0.3 is 24.4 Å². The number of ether oxygens (including phenoxy) is 3. The van der Waals surface area contributed by atoms with Crippen molar-refractivity contribution in [2.75, 3.05) is 31.4 Å². The van der Waals surface area contributed by atoms with Crippen LogP contribution in [-0.2, 0) is 16.1 Å². The molecule has 2 heterocycles. The molecule has 0 unspecified atom stereocenters. The molecule has 10 nitrogen and oxygen atoms in total. The molecule has 10 heteroatoms. The van der Waals surface area contributed by atoms with Gasteiger partial charge in [-0.3, -0.25) is 14.9 Å². The summed E-state index contributed by atoms with van der Waals surface area (Å²) >= 11 is 0. The fourth-order valence-corrected chi connectivity index (χ4v) is 3.72. The molecule has 2 aromatic rings. The molecule has 4 rings (SSSR count). The smallest absolute Gasteiger partial charge is 0.338 e. The number of nitro groups is 1. The molecule has 2 aliphatic rings. The molecule has 0 spiro atoms. The lowest BCUT2D eigenvalue weighted by atomic mass is 10.1. The van der Waals surface area contributed by atoms with Crippen LogP contribution < -0.4 is 19.7 Å². The number of nitro benzene ring substituents is 1. The SMILES string of the molecule is O=C(COC(=O)c1ccc(N2CCCCC2)c([N+](=O)[O-])c1)NCc1ccc2c(c1)OCO2. The highest BCUT2D eigenvalue weighted by atomic mass is 16.7. The zero-order valence-electron chi connectivity index (χ0n) is 17.4. The van der Waals surface area contributed by atoms with Gasteiger partial charge in [0.15, 0.2) is 18.1 Å². The molecule has 0 bridgehead atoms. The van der Waals surface area contributed by atoms with Gasteiger partial charge in [0.1, 0.15) is 5.69 Å². The van der Waals surface area contributed by atoms with Gasteiger partial charge in [-0.1, -0.05) is 6.07 Å². The predicted octanol–water partition coefficient (Wildman–Crippen LogP) is 2.79. The average molecular weight is 441 g/mol. The summed E-state index contributed by atoms with van der Waals surface area (Å²) in [5.74, 6) is -0.0286. The maximum atomic E-state index is 12.3. The second kappa shape index (κ2) is 9.54. The van der Waals surface area contributed by atoms with Crippen LogP contribution in [0.5, 0.6) is 11.5 Å². The highest BCUT2D eigenvalue weighted by Gasteiger charge is 2.24. The van der Waals surface area contributed by atoms with E-state index in [1.54, 1.807) is 24.3 Å². The normalized spacial score (nSPS) is 14.7. The topological polar surface area (TPSA) is 120 Å². The van der Waals surface area contributed by atoms with Gasteiger partial charge in [-0.25, -0.2) is 4.79 Å². The molecular formula is C22H23N3O7. The first kappa shape index (κ1) is 21.4. The lowest BCUT2D eigenvalue weighted by Crippen LogP contribution is -2.30. The molecule has 1 fully saturated rings. The van der Waals surface area contributed by atoms with Crippen LogP contribution in [-0.4, -0.2) is 43.3 Å². The molecule has 0 radical (unpaired) electrons. The Hall–Kier alpha value is -3.82. The van der Waals surface area contributed by atoms with Crippen molar-refractivity contribution in [1.29, 1.82) is 0 Å². The van der Waals surface area contributed by atoms with Gasteiger partial charge in [0.2, 0.25) is 6.79 Å². The average Bonchev–Trinajstić information content (AvgIpc) is 3.29. The summed E-state index contributed by atoms with van der Waals surface area (Å²) in [6.07, 6.45) is 3.05. The monoisotopic (exact) mass is 441 g/mol. The molecule has 2 aromatic carbocycles. The molecule has 1 N–H and O–H groups in total. The molecule has 0 saturated carbocycles. The Morgan fingerprint density at radius 2 is 1.84 bits per heavy atom. The number of hydrogen-bond donors (Lipinski definition) is 1. The van der Waals surface area contributed by atoms with E-state index in [0.717, 1.165) is 37.9 Å². The number of piperidine rings is 1. The summed E-state index contributed by atoms with van der Waals surface area (Å²) in [5, 5.41) is 14.2. The van der Waals surface area contributed by atoms with Crippen LogP contribution in [0.3, 0.4) is 0 Å². The third kappa shape index (κ3) is 4.90. The highest BCUT2D eigenvalue weighted by Crippen LogP contribution is 2.33. The fourth-order valence-electron chi connectivity index (χ4n) is 3.72. The van der Waals surface area contributed by atoms with Crippen LogP contribution >= 0.6 is 0 Å². The Bertz CT molecular complexity index is 1030. The molecular weight excluding hydrogens is 418 g/mol. The molecule has 2 aliphatic heterocycles. The van der Waals surface area contributed by atoms with Gasteiger partial charge in [0.25, 0.3) is 11.6 Å². The first-order valence-electron chi connectivity index (χ1n) is 10.4. The standard InChI is InChI=1S/C22H23N3O7/c26-21(23-12-15-4-7-19-20(10-15)32-14-31-19)13-30-22(27)16-5-6-17(18(11-16)25(28)29)24-8-2-1-3-9-24/h4-7,10-11H,1-3,8-9,12-14H2,(H,23,26). The molecule has 32 heavy (non-hydrogen) atoms. The van der Waals surface area contributed by atoms with Gasteiger partial charge in [-0.05, 0) is 49.1 Å². The molecule has 0 atom stereocenters. The maximum absolute atomic E-state index is 12.3. The van der Waals surface area contributed by atoms with Crippen LogP contribution in [0.2, 0.25) is 0 Å². The summed E-state index contributed by atoms with van der Waals surface area (Å²) in [5.41, 5.74) is 1.18. The highest BCUT2D eigenvalue weighted by molar-refractivity contribution is 5.93. The van der Waals surface area contributed by atoms with E-state index >= 15 is 0 Å². The summed E-state index contributed by atoms with van der Waals surface area (Å²) in [6.45, 7) is 1.38. The summed E-state index contributed by atoms with van der Waals surface area (Å²) < 4.78 is 15.6.